The number of hydrogen-bond donors (Lipinski definition) is 2. The smallest absolute Gasteiger partial charge is 0.255 e. The van der Waals surface area contributed by atoms with Crippen LogP contribution in [-0.2, 0) is 16.1 Å². The summed E-state index contributed by atoms with van der Waals surface area (Å²) in [6, 6.07) is 16.3. The second-order valence-electron chi connectivity index (χ2n) is 7.96. The monoisotopic (exact) mass is 452 g/mol. The Bertz CT molecular complexity index is 1180. The van der Waals surface area contributed by atoms with Crippen molar-refractivity contribution in [2.45, 2.75) is 6.61 Å². The van der Waals surface area contributed by atoms with Gasteiger partial charge in [0, 0.05) is 30.9 Å². The second-order valence-corrected chi connectivity index (χ2v) is 7.96. The van der Waals surface area contributed by atoms with Crippen LogP contribution in [0, 0.1) is 23.6 Å². The lowest BCUT2D eigenvalue weighted by Crippen LogP contribution is -2.19. The van der Waals surface area contributed by atoms with Gasteiger partial charge in [0.1, 0.15) is 11.6 Å². The van der Waals surface area contributed by atoms with Crippen LogP contribution in [0.4, 0.5) is 10.1 Å². The van der Waals surface area contributed by atoms with E-state index in [0.29, 0.717) is 18.9 Å². The van der Waals surface area contributed by atoms with Gasteiger partial charge in [0.15, 0.2) is 0 Å². The zero-order chi connectivity index (χ0) is 23.4. The maximum atomic E-state index is 14.6. The molecule has 0 radical (unpaired) electrons. The summed E-state index contributed by atoms with van der Waals surface area (Å²) in [5.74, 6) is -1.08. The van der Waals surface area contributed by atoms with Gasteiger partial charge in [-0.25, -0.2) is 4.39 Å². The van der Waals surface area contributed by atoms with E-state index >= 15 is 0 Å². The molecule has 1 fully saturated rings. The van der Waals surface area contributed by atoms with Crippen molar-refractivity contribution in [3.05, 3.63) is 88.6 Å². The number of hydrogen-bond acceptors (Lipinski definition) is 5. The standard InChI is InChI=1S/C25H25FN2O5/c1-32-18-8-5-16(6-9-18)14-33-15-20-19(13-29)24(20)25(31)27-22-10-7-17(12-21(22)26)28-11-3-2-4-23(28)30/h2-12,19-20,24,29H,13-15H2,1H3,(H,27,31)/t19-,20-,24-/m0/s1. The lowest BCUT2D eigenvalue weighted by molar-refractivity contribution is -0.118. The largest absolute Gasteiger partial charge is 0.497 e. The SMILES string of the molecule is COc1ccc(COC[C@H]2[C@H](CO)[C@@H]2C(=O)Nc2ccc(-n3ccccc3=O)cc2F)cc1. The molecule has 0 unspecified atom stereocenters. The Morgan fingerprint density at radius 1 is 1.12 bits per heavy atom. The van der Waals surface area contributed by atoms with E-state index in [1.165, 1.54) is 22.8 Å². The van der Waals surface area contributed by atoms with Crippen LogP contribution in [0.2, 0.25) is 0 Å². The topological polar surface area (TPSA) is 89.8 Å². The van der Waals surface area contributed by atoms with Crippen LogP contribution in [0.5, 0.6) is 5.75 Å². The van der Waals surface area contributed by atoms with Gasteiger partial charge in [-0.15, -0.1) is 0 Å². The van der Waals surface area contributed by atoms with E-state index in [0.717, 1.165) is 11.3 Å². The molecule has 172 valence electrons. The number of anilines is 1. The molecule has 33 heavy (non-hydrogen) atoms. The fourth-order valence-corrected chi connectivity index (χ4v) is 3.96. The molecule has 7 nitrogen and oxygen atoms in total. The molecule has 1 aliphatic carbocycles. The molecule has 0 aliphatic heterocycles. The average molecular weight is 452 g/mol. The zero-order valence-electron chi connectivity index (χ0n) is 18.1. The Morgan fingerprint density at radius 3 is 2.58 bits per heavy atom. The number of aliphatic hydroxyl groups excluding tert-OH is 1. The summed E-state index contributed by atoms with van der Waals surface area (Å²) in [6.07, 6.45) is 1.54. The van der Waals surface area contributed by atoms with Crippen molar-refractivity contribution in [2.75, 3.05) is 25.6 Å². The third-order valence-electron chi connectivity index (χ3n) is 5.89. The summed E-state index contributed by atoms with van der Waals surface area (Å²) >= 11 is 0. The molecule has 2 aromatic carbocycles. The van der Waals surface area contributed by atoms with Crippen LogP contribution >= 0.6 is 0 Å². The number of nitrogens with zero attached hydrogens (tertiary/aromatic N) is 1. The third kappa shape index (κ3) is 5.13. The molecule has 1 amide bonds. The molecule has 0 spiro atoms. The van der Waals surface area contributed by atoms with Crippen LogP contribution in [-0.4, -0.2) is 35.9 Å². The molecule has 1 heterocycles. The summed E-state index contributed by atoms with van der Waals surface area (Å²) in [4.78, 5) is 24.6. The maximum Gasteiger partial charge on any atom is 0.255 e. The highest BCUT2D eigenvalue weighted by Gasteiger charge is 2.54. The van der Waals surface area contributed by atoms with Crippen molar-refractivity contribution >= 4 is 11.6 Å². The molecular formula is C25H25FN2O5. The number of pyridine rings is 1. The van der Waals surface area contributed by atoms with Crippen molar-refractivity contribution in [1.82, 2.24) is 4.57 Å². The van der Waals surface area contributed by atoms with Gasteiger partial charge in [-0.1, -0.05) is 18.2 Å². The second kappa shape index (κ2) is 9.97. The van der Waals surface area contributed by atoms with Crippen LogP contribution in [0.3, 0.4) is 0 Å². The Morgan fingerprint density at radius 2 is 1.91 bits per heavy atom. The van der Waals surface area contributed by atoms with Crippen LogP contribution in [0.25, 0.3) is 5.69 Å². The molecule has 1 aliphatic rings. The average Bonchev–Trinajstić information content (AvgIpc) is 3.54. The summed E-state index contributed by atoms with van der Waals surface area (Å²) in [7, 11) is 1.60. The van der Waals surface area contributed by atoms with Crippen LogP contribution < -0.4 is 15.6 Å². The van der Waals surface area contributed by atoms with E-state index in [1.54, 1.807) is 31.5 Å². The fourth-order valence-electron chi connectivity index (χ4n) is 3.96. The van der Waals surface area contributed by atoms with Crippen molar-refractivity contribution < 1.29 is 23.8 Å². The quantitative estimate of drug-likeness (QED) is 0.521. The highest BCUT2D eigenvalue weighted by Crippen LogP contribution is 2.47. The molecule has 0 saturated heterocycles. The number of methoxy groups -OCH3 is 1. The Labute approximate surface area is 190 Å². The van der Waals surface area contributed by atoms with Gasteiger partial charge in [0.05, 0.1) is 31.7 Å². The summed E-state index contributed by atoms with van der Waals surface area (Å²) in [5.41, 5.74) is 1.07. The van der Waals surface area contributed by atoms with Gasteiger partial charge in [-0.2, -0.15) is 0 Å². The lowest BCUT2D eigenvalue weighted by Gasteiger charge is -2.10. The molecule has 1 saturated carbocycles. The first-order valence-electron chi connectivity index (χ1n) is 10.6. The van der Waals surface area contributed by atoms with Crippen molar-refractivity contribution in [1.29, 1.82) is 0 Å². The summed E-state index contributed by atoms with van der Waals surface area (Å²) in [5, 5.41) is 12.2. The maximum absolute atomic E-state index is 14.6. The first kappa shape index (κ1) is 22.7. The Hall–Kier alpha value is -3.49. The third-order valence-corrected chi connectivity index (χ3v) is 5.89. The number of carbonyl (C=O) groups excluding carboxylic acids is 1. The predicted octanol–water partition coefficient (Wildman–Crippen LogP) is 3.00. The minimum Gasteiger partial charge on any atom is -0.497 e. The van der Waals surface area contributed by atoms with E-state index in [-0.39, 0.29) is 35.6 Å². The lowest BCUT2D eigenvalue weighted by atomic mass is 10.2. The molecule has 3 atom stereocenters. The number of halogens is 1. The zero-order valence-corrected chi connectivity index (χ0v) is 18.1. The number of carbonyl (C=O) groups is 1. The number of amides is 1. The number of aromatic nitrogens is 1. The van der Waals surface area contributed by atoms with Gasteiger partial charge in [0.2, 0.25) is 5.91 Å². The van der Waals surface area contributed by atoms with Gasteiger partial charge in [0.25, 0.3) is 5.56 Å². The first-order chi connectivity index (χ1) is 16.0. The number of rotatable bonds is 9. The van der Waals surface area contributed by atoms with Gasteiger partial charge in [-0.05, 0) is 47.7 Å². The van der Waals surface area contributed by atoms with Crippen molar-refractivity contribution in [3.8, 4) is 11.4 Å². The molecule has 8 heteroatoms. The number of ether oxygens (including phenoxy) is 2. The van der Waals surface area contributed by atoms with E-state index in [4.69, 9.17) is 9.47 Å². The van der Waals surface area contributed by atoms with Crippen molar-refractivity contribution in [2.24, 2.45) is 17.8 Å². The van der Waals surface area contributed by atoms with E-state index in [1.807, 2.05) is 24.3 Å². The highest BCUT2D eigenvalue weighted by molar-refractivity contribution is 5.95. The number of aliphatic hydroxyl groups is 1. The highest BCUT2D eigenvalue weighted by atomic mass is 19.1. The Kier molecular flexibility index (Phi) is 6.86. The number of benzene rings is 2. The molecule has 0 bridgehead atoms. The minimum atomic E-state index is -0.648. The van der Waals surface area contributed by atoms with Gasteiger partial charge in [-0.3, -0.25) is 14.2 Å². The number of nitrogens with one attached hydrogen (secondary N) is 1. The predicted molar refractivity (Wildman–Crippen MR) is 121 cm³/mol. The van der Waals surface area contributed by atoms with Gasteiger partial charge >= 0.3 is 0 Å². The van der Waals surface area contributed by atoms with Gasteiger partial charge < -0.3 is 19.9 Å². The van der Waals surface area contributed by atoms with E-state index in [9.17, 15) is 19.1 Å². The summed E-state index contributed by atoms with van der Waals surface area (Å²) in [6.45, 7) is 0.544. The molecular weight excluding hydrogens is 427 g/mol. The first-order valence-corrected chi connectivity index (χ1v) is 10.6. The van der Waals surface area contributed by atoms with Crippen LogP contribution in [0.15, 0.2) is 71.7 Å². The van der Waals surface area contributed by atoms with Crippen molar-refractivity contribution in [3.63, 3.8) is 0 Å². The Balaban J connectivity index is 1.34. The summed E-state index contributed by atoms with van der Waals surface area (Å²) < 4.78 is 26.8. The molecule has 4 rings (SSSR count). The fraction of sp³-hybridized carbons (Fsp3) is 0.280. The normalized spacial score (nSPS) is 19.2. The van der Waals surface area contributed by atoms with Crippen LogP contribution in [0.1, 0.15) is 5.56 Å². The molecule has 3 aromatic rings. The minimum absolute atomic E-state index is 0.0224. The molecule has 2 N–H and O–H groups in total. The van der Waals surface area contributed by atoms with E-state index in [2.05, 4.69) is 5.32 Å². The molecule has 1 aromatic heterocycles. The van der Waals surface area contributed by atoms with E-state index < -0.39 is 11.7 Å².